The summed E-state index contributed by atoms with van der Waals surface area (Å²) in [6, 6.07) is 40.6. The quantitative estimate of drug-likeness (QED) is 0.162. The number of fused-ring (bicyclic) bond motifs is 2. The van der Waals surface area contributed by atoms with Crippen molar-refractivity contribution in [1.29, 1.82) is 0 Å². The Morgan fingerprint density at radius 2 is 1.31 bits per heavy atom. The Balaban J connectivity index is 0.000000260. The molecule has 4 heteroatoms. The summed E-state index contributed by atoms with van der Waals surface area (Å²) in [5, 5.41) is 2.35. The number of hydrogen-bond donors (Lipinski definition) is 0. The van der Waals surface area contributed by atoms with Crippen LogP contribution in [-0.2, 0) is 20.1 Å². The van der Waals surface area contributed by atoms with Crippen LogP contribution in [0.15, 0.2) is 109 Å². The molecule has 8 rings (SSSR count). The van der Waals surface area contributed by atoms with Crippen LogP contribution in [-0.4, -0.2) is 9.97 Å². The summed E-state index contributed by atoms with van der Waals surface area (Å²) in [5.74, 6) is 2.55. The summed E-state index contributed by atoms with van der Waals surface area (Å²) < 4.78 is 6.58. The van der Waals surface area contributed by atoms with Gasteiger partial charge in [-0.05, 0) is 94.4 Å². The van der Waals surface area contributed by atoms with E-state index in [2.05, 4.69) is 138 Å². The van der Waals surface area contributed by atoms with Crippen LogP contribution in [0.5, 0.6) is 11.5 Å². The van der Waals surface area contributed by atoms with Gasteiger partial charge in [-0.3, -0.25) is 0 Å². The SMILES string of the molecule is Cc1c[c-]c(-c2ccc(C)cn2)cc1.Cc1cc(C(C)C)c(-c2cc(-c3[c-]ccc4c3Oc3cccc5cccc-4c35)ncc2C)c(C(C)C)c1.[Ir]. The number of ether oxygens (including phenoxy) is 1. The Hall–Kier alpha value is -4.89. The van der Waals surface area contributed by atoms with Crippen LogP contribution in [0.25, 0.3) is 55.5 Å². The molecule has 7 aromatic rings. The molecule has 0 fully saturated rings. The first-order chi connectivity index (χ1) is 24.6. The number of hydrogen-bond acceptors (Lipinski definition) is 3. The molecule has 1 radical (unpaired) electrons. The maximum atomic E-state index is 6.58. The number of pyridine rings is 2. The summed E-state index contributed by atoms with van der Waals surface area (Å²) in [5.41, 5.74) is 16.4. The molecular formula is C48H44IrN2O-2. The van der Waals surface area contributed by atoms with E-state index in [0.29, 0.717) is 11.8 Å². The van der Waals surface area contributed by atoms with Gasteiger partial charge < -0.3 is 14.7 Å². The van der Waals surface area contributed by atoms with Gasteiger partial charge in [0.2, 0.25) is 0 Å². The summed E-state index contributed by atoms with van der Waals surface area (Å²) in [6.45, 7) is 17.6. The van der Waals surface area contributed by atoms with Crippen LogP contribution in [0.4, 0.5) is 0 Å². The fourth-order valence-corrected chi connectivity index (χ4v) is 7.00. The van der Waals surface area contributed by atoms with Gasteiger partial charge in [-0.1, -0.05) is 112 Å². The summed E-state index contributed by atoms with van der Waals surface area (Å²) in [6.07, 6.45) is 3.88. The molecule has 0 bridgehead atoms. The molecule has 0 amide bonds. The number of rotatable bonds is 5. The van der Waals surface area contributed by atoms with Gasteiger partial charge in [-0.2, -0.15) is 0 Å². The van der Waals surface area contributed by atoms with Gasteiger partial charge in [0.15, 0.2) is 0 Å². The zero-order valence-corrected chi connectivity index (χ0v) is 33.6. The van der Waals surface area contributed by atoms with Crippen LogP contribution in [0, 0.1) is 39.8 Å². The van der Waals surface area contributed by atoms with Gasteiger partial charge in [0.1, 0.15) is 5.75 Å². The standard InChI is InChI=1S/C35H32NO.C13H12N.Ir/c1-20(2)28-16-22(5)17-29(21(3)4)34(28)30-18-31(36-19-23(30)6)27-14-9-13-26-25-12-7-10-24-11-8-15-32(33(24)25)37-35(26)27;1-10-3-6-12(7-4-10)13-8-5-11(2)9-14-13;/h7-13,15-21H,1-6H3;3-6,8-9H,1-2H3;/q2*-1;. The fourth-order valence-electron chi connectivity index (χ4n) is 7.00. The topological polar surface area (TPSA) is 35.0 Å². The molecule has 0 saturated carbocycles. The molecule has 52 heavy (non-hydrogen) atoms. The Labute approximate surface area is 322 Å². The monoisotopic (exact) mass is 857 g/mol. The van der Waals surface area contributed by atoms with Crippen molar-refractivity contribution in [1.82, 2.24) is 9.97 Å². The first-order valence-electron chi connectivity index (χ1n) is 17.9. The predicted molar refractivity (Wildman–Crippen MR) is 213 cm³/mol. The Morgan fingerprint density at radius 3 is 1.96 bits per heavy atom. The molecule has 263 valence electrons. The van der Waals surface area contributed by atoms with Crippen LogP contribution in [0.1, 0.15) is 72.9 Å². The molecule has 3 nitrogen and oxygen atoms in total. The molecule has 0 aliphatic carbocycles. The van der Waals surface area contributed by atoms with Gasteiger partial charge in [0, 0.05) is 37.9 Å². The van der Waals surface area contributed by atoms with E-state index in [9.17, 15) is 0 Å². The van der Waals surface area contributed by atoms with Crippen LogP contribution < -0.4 is 4.74 Å². The number of aromatic nitrogens is 2. The number of aryl methyl sites for hydroxylation is 4. The van der Waals surface area contributed by atoms with Gasteiger partial charge in [-0.15, -0.1) is 53.6 Å². The van der Waals surface area contributed by atoms with E-state index < -0.39 is 0 Å². The van der Waals surface area contributed by atoms with E-state index in [1.165, 1.54) is 55.5 Å². The second-order valence-electron chi connectivity index (χ2n) is 14.4. The Kier molecular flexibility index (Phi) is 10.9. The normalized spacial score (nSPS) is 11.4. The minimum Gasteiger partial charge on any atom is -0.501 e. The van der Waals surface area contributed by atoms with Crippen molar-refractivity contribution < 1.29 is 24.8 Å². The van der Waals surface area contributed by atoms with Crippen molar-refractivity contribution in [2.75, 3.05) is 0 Å². The Morgan fingerprint density at radius 1 is 0.615 bits per heavy atom. The van der Waals surface area contributed by atoms with E-state index >= 15 is 0 Å². The van der Waals surface area contributed by atoms with Gasteiger partial charge in [0.05, 0.1) is 5.75 Å². The van der Waals surface area contributed by atoms with E-state index in [1.807, 2.05) is 43.6 Å². The second kappa shape index (κ2) is 15.4. The molecule has 1 aliphatic rings. The summed E-state index contributed by atoms with van der Waals surface area (Å²) >= 11 is 0. The van der Waals surface area contributed by atoms with E-state index in [1.54, 1.807) is 0 Å². The van der Waals surface area contributed by atoms with Gasteiger partial charge in [-0.25, -0.2) is 0 Å². The zero-order chi connectivity index (χ0) is 35.8. The minimum atomic E-state index is 0. The smallest absolute Gasteiger partial charge is 0.122 e. The van der Waals surface area contributed by atoms with Crippen molar-refractivity contribution in [3.05, 3.63) is 155 Å². The largest absolute Gasteiger partial charge is 0.501 e. The second-order valence-corrected chi connectivity index (χ2v) is 14.4. The van der Waals surface area contributed by atoms with Gasteiger partial charge in [0.25, 0.3) is 0 Å². The van der Waals surface area contributed by atoms with E-state index in [0.717, 1.165) is 45.0 Å². The fraction of sp³-hybridized carbons (Fsp3) is 0.208. The molecular weight excluding hydrogens is 813 g/mol. The predicted octanol–water partition coefficient (Wildman–Crippen LogP) is 13.2. The molecule has 1 aliphatic heterocycles. The maximum absolute atomic E-state index is 6.58. The third-order valence-corrected chi connectivity index (χ3v) is 9.69. The zero-order valence-electron chi connectivity index (χ0n) is 31.2. The molecule has 2 aromatic heterocycles. The van der Waals surface area contributed by atoms with Crippen molar-refractivity contribution in [2.24, 2.45) is 0 Å². The minimum absolute atomic E-state index is 0. The van der Waals surface area contributed by atoms with Crippen molar-refractivity contribution in [3.63, 3.8) is 0 Å². The average Bonchev–Trinajstić information content (AvgIpc) is 3.13. The molecule has 3 heterocycles. The van der Waals surface area contributed by atoms with E-state index in [4.69, 9.17) is 9.72 Å². The van der Waals surface area contributed by atoms with Crippen LogP contribution >= 0.6 is 0 Å². The van der Waals surface area contributed by atoms with Crippen molar-refractivity contribution in [2.45, 2.75) is 67.2 Å². The maximum Gasteiger partial charge on any atom is 0.122 e. The van der Waals surface area contributed by atoms with Crippen molar-refractivity contribution in [3.8, 4) is 56.3 Å². The third kappa shape index (κ3) is 7.24. The molecule has 0 N–H and O–H groups in total. The summed E-state index contributed by atoms with van der Waals surface area (Å²) in [4.78, 5) is 9.25. The molecule has 0 unspecified atom stereocenters. The van der Waals surface area contributed by atoms with Crippen LogP contribution in [0.2, 0.25) is 0 Å². The Bertz CT molecular complexity index is 2300. The third-order valence-electron chi connectivity index (χ3n) is 9.69. The molecule has 5 aromatic carbocycles. The molecule has 0 saturated heterocycles. The first kappa shape index (κ1) is 36.9. The molecule has 0 spiro atoms. The van der Waals surface area contributed by atoms with Crippen molar-refractivity contribution >= 4 is 10.8 Å². The number of benzene rings is 5. The van der Waals surface area contributed by atoms with Crippen LogP contribution in [0.3, 0.4) is 0 Å². The van der Waals surface area contributed by atoms with Gasteiger partial charge >= 0.3 is 0 Å². The van der Waals surface area contributed by atoms with E-state index in [-0.39, 0.29) is 20.1 Å². The molecule has 0 atom stereocenters. The number of nitrogens with zero attached hydrogens (tertiary/aromatic N) is 2. The first-order valence-corrected chi connectivity index (χ1v) is 17.9. The summed E-state index contributed by atoms with van der Waals surface area (Å²) in [7, 11) is 0. The average molecular weight is 857 g/mol.